The highest BCUT2D eigenvalue weighted by molar-refractivity contribution is 6.31. The van der Waals surface area contributed by atoms with Crippen LogP contribution in [-0.4, -0.2) is 12.1 Å². The van der Waals surface area contributed by atoms with Crippen LogP contribution in [0.5, 0.6) is 11.5 Å². The normalized spacial score (nSPS) is 10.7. The summed E-state index contributed by atoms with van der Waals surface area (Å²) in [6.07, 6.45) is 1.57. The van der Waals surface area contributed by atoms with Crippen LogP contribution in [0.15, 0.2) is 108 Å². The van der Waals surface area contributed by atoms with Crippen molar-refractivity contribution in [3.63, 3.8) is 0 Å². The Kier molecular flexibility index (Phi) is 7.93. The van der Waals surface area contributed by atoms with Crippen molar-refractivity contribution in [3.05, 3.63) is 130 Å². The van der Waals surface area contributed by atoms with E-state index in [9.17, 15) is 4.79 Å². The summed E-state index contributed by atoms with van der Waals surface area (Å²) in [5.41, 5.74) is 5.67. The van der Waals surface area contributed by atoms with Gasteiger partial charge in [0.1, 0.15) is 24.7 Å². The average molecular weight is 471 g/mol. The minimum atomic E-state index is -0.373. The molecule has 5 nitrogen and oxygen atoms in total. The molecule has 4 aromatic rings. The van der Waals surface area contributed by atoms with Crippen LogP contribution in [0.1, 0.15) is 27.0 Å². The van der Waals surface area contributed by atoms with Gasteiger partial charge >= 0.3 is 0 Å². The van der Waals surface area contributed by atoms with Gasteiger partial charge in [-0.15, -0.1) is 0 Å². The third-order valence-corrected chi connectivity index (χ3v) is 5.33. The standard InChI is InChI=1S/C28H23ClN2O3/c29-26-15-6-4-12-23(26)20-34-27-16-7-5-14-25(27)28(32)31-30-18-22-11-8-13-24(17-22)33-19-21-9-2-1-3-10-21/h1-18H,19-20H2,(H,31,32)/b30-18-. The zero-order valence-electron chi connectivity index (χ0n) is 18.4. The number of ether oxygens (including phenoxy) is 2. The Morgan fingerprint density at radius 3 is 2.44 bits per heavy atom. The van der Waals surface area contributed by atoms with E-state index in [1.165, 1.54) is 0 Å². The Morgan fingerprint density at radius 2 is 1.59 bits per heavy atom. The zero-order valence-corrected chi connectivity index (χ0v) is 19.1. The van der Waals surface area contributed by atoms with Gasteiger partial charge in [-0.2, -0.15) is 5.10 Å². The second-order valence-corrected chi connectivity index (χ2v) is 7.83. The molecule has 0 aliphatic carbocycles. The lowest BCUT2D eigenvalue weighted by atomic mass is 10.2. The summed E-state index contributed by atoms with van der Waals surface area (Å²) in [4.78, 5) is 12.7. The van der Waals surface area contributed by atoms with Crippen LogP contribution in [0.4, 0.5) is 0 Å². The van der Waals surface area contributed by atoms with Crippen molar-refractivity contribution < 1.29 is 14.3 Å². The number of halogens is 1. The van der Waals surface area contributed by atoms with Gasteiger partial charge in [-0.3, -0.25) is 4.79 Å². The van der Waals surface area contributed by atoms with Crippen molar-refractivity contribution in [3.8, 4) is 11.5 Å². The van der Waals surface area contributed by atoms with E-state index in [-0.39, 0.29) is 12.5 Å². The van der Waals surface area contributed by atoms with E-state index in [1.54, 1.807) is 30.5 Å². The number of carbonyl (C=O) groups is 1. The summed E-state index contributed by atoms with van der Waals surface area (Å²) in [6, 6.07) is 31.9. The summed E-state index contributed by atoms with van der Waals surface area (Å²) in [5.74, 6) is 0.798. The van der Waals surface area contributed by atoms with Crippen molar-refractivity contribution in [1.29, 1.82) is 0 Å². The van der Waals surface area contributed by atoms with E-state index in [0.717, 1.165) is 22.4 Å². The Morgan fingerprint density at radius 1 is 0.824 bits per heavy atom. The van der Waals surface area contributed by atoms with Crippen LogP contribution in [0.25, 0.3) is 0 Å². The van der Waals surface area contributed by atoms with Crippen molar-refractivity contribution in [2.75, 3.05) is 0 Å². The number of para-hydroxylation sites is 1. The summed E-state index contributed by atoms with van der Waals surface area (Å²) >= 11 is 6.19. The van der Waals surface area contributed by atoms with Gasteiger partial charge in [0.15, 0.2) is 0 Å². The fraction of sp³-hybridized carbons (Fsp3) is 0.0714. The van der Waals surface area contributed by atoms with E-state index in [4.69, 9.17) is 21.1 Å². The molecule has 0 fully saturated rings. The van der Waals surface area contributed by atoms with E-state index in [2.05, 4.69) is 10.5 Å². The molecule has 0 aliphatic rings. The predicted octanol–water partition coefficient (Wildman–Crippen LogP) is 6.26. The van der Waals surface area contributed by atoms with Crippen molar-refractivity contribution in [2.24, 2.45) is 5.10 Å². The number of nitrogens with zero attached hydrogens (tertiary/aromatic N) is 1. The Labute approximate surface area is 203 Å². The maximum absolute atomic E-state index is 12.7. The lowest BCUT2D eigenvalue weighted by Gasteiger charge is -2.11. The molecule has 170 valence electrons. The van der Waals surface area contributed by atoms with Crippen molar-refractivity contribution >= 4 is 23.7 Å². The monoisotopic (exact) mass is 470 g/mol. The van der Waals surface area contributed by atoms with E-state index < -0.39 is 0 Å². The number of benzene rings is 4. The molecule has 0 radical (unpaired) electrons. The molecular weight excluding hydrogens is 448 g/mol. The highest BCUT2D eigenvalue weighted by Gasteiger charge is 2.12. The fourth-order valence-electron chi connectivity index (χ4n) is 3.20. The number of hydrogen-bond acceptors (Lipinski definition) is 4. The fourth-order valence-corrected chi connectivity index (χ4v) is 3.39. The quantitative estimate of drug-likeness (QED) is 0.232. The van der Waals surface area contributed by atoms with E-state index in [0.29, 0.717) is 22.9 Å². The molecule has 0 spiro atoms. The number of hydrazone groups is 1. The molecule has 0 unspecified atom stereocenters. The number of amides is 1. The molecule has 34 heavy (non-hydrogen) atoms. The minimum Gasteiger partial charge on any atom is -0.489 e. The Bertz CT molecular complexity index is 1280. The number of rotatable bonds is 9. The molecule has 6 heteroatoms. The van der Waals surface area contributed by atoms with Gasteiger partial charge < -0.3 is 9.47 Å². The first kappa shape index (κ1) is 23.1. The summed E-state index contributed by atoms with van der Waals surface area (Å²) < 4.78 is 11.7. The molecule has 0 aliphatic heterocycles. The first-order chi connectivity index (χ1) is 16.7. The molecule has 4 aromatic carbocycles. The molecule has 0 atom stereocenters. The van der Waals surface area contributed by atoms with Crippen LogP contribution in [0, 0.1) is 0 Å². The molecule has 1 N–H and O–H groups in total. The predicted molar refractivity (Wildman–Crippen MR) is 135 cm³/mol. The molecule has 4 rings (SSSR count). The van der Waals surface area contributed by atoms with Gasteiger partial charge in [0, 0.05) is 10.6 Å². The lowest BCUT2D eigenvalue weighted by Crippen LogP contribution is -2.18. The first-order valence-corrected chi connectivity index (χ1v) is 11.1. The van der Waals surface area contributed by atoms with E-state index in [1.807, 2.05) is 78.9 Å². The van der Waals surface area contributed by atoms with Gasteiger partial charge in [0.25, 0.3) is 5.91 Å². The lowest BCUT2D eigenvalue weighted by molar-refractivity contribution is 0.0950. The highest BCUT2D eigenvalue weighted by atomic mass is 35.5. The van der Waals surface area contributed by atoms with Crippen molar-refractivity contribution in [1.82, 2.24) is 5.43 Å². The van der Waals surface area contributed by atoms with Crippen LogP contribution in [0.3, 0.4) is 0 Å². The molecule has 1 amide bonds. The maximum Gasteiger partial charge on any atom is 0.275 e. The third kappa shape index (κ3) is 6.47. The van der Waals surface area contributed by atoms with Crippen LogP contribution in [-0.2, 0) is 13.2 Å². The second-order valence-electron chi connectivity index (χ2n) is 7.42. The third-order valence-electron chi connectivity index (χ3n) is 4.96. The molecule has 0 saturated carbocycles. The molecular formula is C28H23ClN2O3. The molecule has 0 aromatic heterocycles. The van der Waals surface area contributed by atoms with Gasteiger partial charge in [-0.1, -0.05) is 84.4 Å². The van der Waals surface area contributed by atoms with Crippen LogP contribution >= 0.6 is 11.6 Å². The summed E-state index contributed by atoms with van der Waals surface area (Å²) in [6.45, 7) is 0.728. The summed E-state index contributed by atoms with van der Waals surface area (Å²) in [7, 11) is 0. The van der Waals surface area contributed by atoms with Gasteiger partial charge in [-0.25, -0.2) is 5.43 Å². The zero-order chi connectivity index (χ0) is 23.6. The molecule has 0 bridgehead atoms. The largest absolute Gasteiger partial charge is 0.489 e. The average Bonchev–Trinajstić information content (AvgIpc) is 2.88. The van der Waals surface area contributed by atoms with E-state index >= 15 is 0 Å². The Hall–Kier alpha value is -4.09. The van der Waals surface area contributed by atoms with Crippen molar-refractivity contribution in [2.45, 2.75) is 13.2 Å². The number of carbonyl (C=O) groups excluding carboxylic acids is 1. The first-order valence-electron chi connectivity index (χ1n) is 10.7. The molecule has 0 heterocycles. The van der Waals surface area contributed by atoms with Gasteiger partial charge in [0.05, 0.1) is 11.8 Å². The highest BCUT2D eigenvalue weighted by Crippen LogP contribution is 2.22. The number of nitrogens with one attached hydrogen (secondary N) is 1. The van der Waals surface area contributed by atoms with Crippen LogP contribution in [0.2, 0.25) is 5.02 Å². The minimum absolute atomic E-state index is 0.253. The Balaban J connectivity index is 1.35. The van der Waals surface area contributed by atoms with Gasteiger partial charge in [0.2, 0.25) is 0 Å². The topological polar surface area (TPSA) is 59.9 Å². The van der Waals surface area contributed by atoms with Gasteiger partial charge in [-0.05, 0) is 41.5 Å². The molecule has 0 saturated heterocycles. The number of hydrogen-bond donors (Lipinski definition) is 1. The second kappa shape index (κ2) is 11.7. The maximum atomic E-state index is 12.7. The van der Waals surface area contributed by atoms with Crippen LogP contribution < -0.4 is 14.9 Å². The smallest absolute Gasteiger partial charge is 0.275 e. The summed E-state index contributed by atoms with van der Waals surface area (Å²) in [5, 5.41) is 4.71. The SMILES string of the molecule is O=C(N/N=C\c1cccc(OCc2ccccc2)c1)c1ccccc1OCc1ccccc1Cl.